The summed E-state index contributed by atoms with van der Waals surface area (Å²) >= 11 is 0. The van der Waals surface area contributed by atoms with E-state index in [2.05, 4.69) is 4.98 Å². The van der Waals surface area contributed by atoms with E-state index in [1.54, 1.807) is 19.5 Å². The fourth-order valence-corrected chi connectivity index (χ4v) is 4.13. The van der Waals surface area contributed by atoms with Gasteiger partial charge < -0.3 is 19.1 Å². The summed E-state index contributed by atoms with van der Waals surface area (Å²) in [6, 6.07) is 11.5. The molecule has 4 rings (SSSR count). The quantitative estimate of drug-likeness (QED) is 0.784. The van der Waals surface area contributed by atoms with E-state index in [1.807, 2.05) is 41.3 Å². The zero-order valence-corrected chi connectivity index (χ0v) is 15.4. The number of carbonyl (C=O) groups is 1. The third-order valence-corrected chi connectivity index (χ3v) is 5.35. The molecule has 27 heavy (non-hydrogen) atoms. The molecule has 2 aliphatic heterocycles. The average Bonchev–Trinajstić information content (AvgIpc) is 2.98. The molecule has 6 heteroatoms. The molecule has 2 fully saturated rings. The van der Waals surface area contributed by atoms with Crippen LogP contribution in [0, 0.1) is 0 Å². The van der Waals surface area contributed by atoms with E-state index >= 15 is 0 Å². The zero-order chi connectivity index (χ0) is 18.6. The summed E-state index contributed by atoms with van der Waals surface area (Å²) in [5.74, 6) is 2.34. The van der Waals surface area contributed by atoms with Crippen molar-refractivity contribution in [2.75, 3.05) is 13.7 Å². The molecule has 2 aliphatic rings. The highest BCUT2D eigenvalue weighted by Crippen LogP contribution is 2.37. The van der Waals surface area contributed by atoms with Crippen molar-refractivity contribution < 1.29 is 19.0 Å². The summed E-state index contributed by atoms with van der Waals surface area (Å²) in [6.45, 7) is 0.0647. The number of hydrogen-bond acceptors (Lipinski definition) is 5. The molecule has 2 bridgehead atoms. The number of benzene rings is 1. The van der Waals surface area contributed by atoms with Gasteiger partial charge in [0, 0.05) is 37.3 Å². The highest BCUT2D eigenvalue weighted by atomic mass is 16.5. The predicted octanol–water partition coefficient (Wildman–Crippen LogP) is 3.07. The number of aromatic nitrogens is 1. The van der Waals surface area contributed by atoms with E-state index in [-0.39, 0.29) is 30.7 Å². The second-order valence-corrected chi connectivity index (χ2v) is 7.04. The lowest BCUT2D eigenvalue weighted by molar-refractivity contribution is -0.139. The minimum Gasteiger partial charge on any atom is -0.497 e. The van der Waals surface area contributed by atoms with E-state index in [9.17, 15) is 4.79 Å². The standard InChI is InChI=1S/C21H24N2O4/c1-25-17-4-6-18(7-5-17)26-14-21(24)23-15-2-3-16(23)13-20(12-15)27-19-8-10-22-11-9-19/h4-11,15-16,20H,2-3,12-14H2,1H3. The predicted molar refractivity (Wildman–Crippen MR) is 100 cm³/mol. The molecule has 2 aromatic rings. The van der Waals surface area contributed by atoms with Crippen LogP contribution >= 0.6 is 0 Å². The van der Waals surface area contributed by atoms with Crippen LogP contribution in [-0.2, 0) is 4.79 Å². The number of rotatable bonds is 6. The second-order valence-electron chi connectivity index (χ2n) is 7.04. The average molecular weight is 368 g/mol. The summed E-state index contributed by atoms with van der Waals surface area (Å²) in [5.41, 5.74) is 0. The van der Waals surface area contributed by atoms with Crippen molar-refractivity contribution >= 4 is 5.91 Å². The Balaban J connectivity index is 1.32. The number of piperidine rings is 1. The Morgan fingerprint density at radius 2 is 1.63 bits per heavy atom. The van der Waals surface area contributed by atoms with Gasteiger partial charge in [-0.05, 0) is 49.2 Å². The first-order chi connectivity index (χ1) is 13.2. The number of amides is 1. The lowest BCUT2D eigenvalue weighted by Crippen LogP contribution is -2.50. The number of fused-ring (bicyclic) bond motifs is 2. The third kappa shape index (κ3) is 3.99. The van der Waals surface area contributed by atoms with Crippen LogP contribution < -0.4 is 14.2 Å². The van der Waals surface area contributed by atoms with E-state index in [0.29, 0.717) is 5.75 Å². The molecule has 0 saturated carbocycles. The van der Waals surface area contributed by atoms with Crippen molar-refractivity contribution in [1.82, 2.24) is 9.88 Å². The monoisotopic (exact) mass is 368 g/mol. The van der Waals surface area contributed by atoms with Crippen LogP contribution in [-0.4, -0.2) is 47.7 Å². The molecule has 2 atom stereocenters. The Morgan fingerprint density at radius 1 is 1.00 bits per heavy atom. The van der Waals surface area contributed by atoms with E-state index in [1.165, 1.54) is 0 Å². The van der Waals surface area contributed by atoms with Crippen molar-refractivity contribution in [1.29, 1.82) is 0 Å². The molecule has 1 aromatic heterocycles. The molecular formula is C21H24N2O4. The maximum absolute atomic E-state index is 12.7. The topological polar surface area (TPSA) is 60.9 Å². The van der Waals surface area contributed by atoms with Gasteiger partial charge in [0.2, 0.25) is 0 Å². The van der Waals surface area contributed by atoms with Crippen molar-refractivity contribution in [2.45, 2.75) is 43.9 Å². The van der Waals surface area contributed by atoms with Gasteiger partial charge in [0.05, 0.1) is 7.11 Å². The van der Waals surface area contributed by atoms with Crippen LogP contribution in [0.5, 0.6) is 17.2 Å². The zero-order valence-electron chi connectivity index (χ0n) is 15.4. The number of hydrogen-bond donors (Lipinski definition) is 0. The fourth-order valence-electron chi connectivity index (χ4n) is 4.13. The number of nitrogens with zero attached hydrogens (tertiary/aromatic N) is 2. The summed E-state index contributed by atoms with van der Waals surface area (Å²) in [5, 5.41) is 0. The fraction of sp³-hybridized carbons (Fsp3) is 0.429. The number of pyridine rings is 1. The van der Waals surface area contributed by atoms with Gasteiger partial charge >= 0.3 is 0 Å². The molecule has 2 unspecified atom stereocenters. The van der Waals surface area contributed by atoms with Gasteiger partial charge in [-0.15, -0.1) is 0 Å². The van der Waals surface area contributed by atoms with Crippen LogP contribution in [0.4, 0.5) is 0 Å². The summed E-state index contributed by atoms with van der Waals surface area (Å²) in [7, 11) is 1.62. The highest BCUT2D eigenvalue weighted by Gasteiger charge is 2.44. The molecule has 1 aromatic carbocycles. The Morgan fingerprint density at radius 3 is 2.26 bits per heavy atom. The first kappa shape index (κ1) is 17.6. The SMILES string of the molecule is COc1ccc(OCC(=O)N2C3CCC2CC(Oc2ccncc2)C3)cc1. The molecule has 0 radical (unpaired) electrons. The molecule has 0 N–H and O–H groups in total. The Hall–Kier alpha value is -2.76. The maximum atomic E-state index is 12.7. The van der Waals surface area contributed by atoms with Crippen molar-refractivity contribution in [3.05, 3.63) is 48.8 Å². The van der Waals surface area contributed by atoms with Gasteiger partial charge in [0.25, 0.3) is 5.91 Å². The van der Waals surface area contributed by atoms with Gasteiger partial charge in [-0.25, -0.2) is 0 Å². The van der Waals surface area contributed by atoms with Crippen LogP contribution in [0.1, 0.15) is 25.7 Å². The molecule has 142 valence electrons. The van der Waals surface area contributed by atoms with Crippen molar-refractivity contribution in [3.8, 4) is 17.2 Å². The van der Waals surface area contributed by atoms with Crippen molar-refractivity contribution in [2.24, 2.45) is 0 Å². The van der Waals surface area contributed by atoms with Gasteiger partial charge in [-0.3, -0.25) is 9.78 Å². The number of ether oxygens (including phenoxy) is 3. The van der Waals surface area contributed by atoms with Gasteiger partial charge in [0.1, 0.15) is 23.4 Å². The van der Waals surface area contributed by atoms with Crippen LogP contribution in [0.2, 0.25) is 0 Å². The number of carbonyl (C=O) groups excluding carboxylic acids is 1. The second kappa shape index (κ2) is 7.86. The Bertz CT molecular complexity index is 752. The van der Waals surface area contributed by atoms with E-state index < -0.39 is 0 Å². The summed E-state index contributed by atoms with van der Waals surface area (Å²) in [6.07, 6.45) is 7.43. The molecule has 2 saturated heterocycles. The molecule has 6 nitrogen and oxygen atoms in total. The van der Waals surface area contributed by atoms with E-state index in [0.717, 1.165) is 37.2 Å². The summed E-state index contributed by atoms with van der Waals surface area (Å²) in [4.78, 5) is 18.8. The van der Waals surface area contributed by atoms with Crippen LogP contribution in [0.25, 0.3) is 0 Å². The molecule has 0 aliphatic carbocycles. The Labute approximate surface area is 159 Å². The normalized spacial score (nSPS) is 23.7. The van der Waals surface area contributed by atoms with Crippen LogP contribution in [0.15, 0.2) is 48.8 Å². The third-order valence-electron chi connectivity index (χ3n) is 5.35. The van der Waals surface area contributed by atoms with Gasteiger partial charge in [-0.1, -0.05) is 0 Å². The molecular weight excluding hydrogens is 344 g/mol. The van der Waals surface area contributed by atoms with Gasteiger partial charge in [0.15, 0.2) is 6.61 Å². The minimum atomic E-state index is 0.0562. The van der Waals surface area contributed by atoms with Gasteiger partial charge in [-0.2, -0.15) is 0 Å². The molecule has 0 spiro atoms. The highest BCUT2D eigenvalue weighted by molar-refractivity contribution is 5.79. The van der Waals surface area contributed by atoms with Crippen molar-refractivity contribution in [3.63, 3.8) is 0 Å². The maximum Gasteiger partial charge on any atom is 0.261 e. The largest absolute Gasteiger partial charge is 0.497 e. The molecule has 3 heterocycles. The first-order valence-electron chi connectivity index (χ1n) is 9.37. The lowest BCUT2D eigenvalue weighted by Gasteiger charge is -2.38. The van der Waals surface area contributed by atoms with Crippen LogP contribution in [0.3, 0.4) is 0 Å². The first-order valence-corrected chi connectivity index (χ1v) is 9.37. The minimum absolute atomic E-state index is 0.0562. The van der Waals surface area contributed by atoms with E-state index in [4.69, 9.17) is 14.2 Å². The molecule has 1 amide bonds. The lowest BCUT2D eigenvalue weighted by atomic mass is 9.99. The smallest absolute Gasteiger partial charge is 0.261 e. The number of methoxy groups -OCH3 is 1. The summed E-state index contributed by atoms with van der Waals surface area (Å²) < 4.78 is 16.9. The Kier molecular flexibility index (Phi) is 5.14.